The predicted octanol–water partition coefficient (Wildman–Crippen LogP) is 3.83. The van der Waals surface area contributed by atoms with Crippen molar-refractivity contribution >= 4 is 34.7 Å². The predicted molar refractivity (Wildman–Crippen MR) is 132 cm³/mol. The first-order chi connectivity index (χ1) is 16.1. The van der Waals surface area contributed by atoms with Crippen molar-refractivity contribution in [2.45, 2.75) is 6.54 Å². The molecular weight excluding hydrogens is 436 g/mol. The summed E-state index contributed by atoms with van der Waals surface area (Å²) in [4.78, 5) is 15.7. The van der Waals surface area contributed by atoms with Gasteiger partial charge in [-0.3, -0.25) is 18.8 Å². The Balaban J connectivity index is 1.30. The van der Waals surface area contributed by atoms with Gasteiger partial charge in [-0.05, 0) is 53.6 Å². The Morgan fingerprint density at radius 2 is 1.76 bits per heavy atom. The molecule has 0 radical (unpaired) electrons. The first kappa shape index (κ1) is 22.3. The highest BCUT2D eigenvalue weighted by atomic mass is 32.2. The summed E-state index contributed by atoms with van der Waals surface area (Å²) in [6.07, 6.45) is 3.91. The van der Waals surface area contributed by atoms with Crippen molar-refractivity contribution in [2.75, 3.05) is 17.9 Å². The standard InChI is InChI=1S/C25H24N4O3S/c1-26-24(16-11-19-9-14-23(15-10-19)32-22-5-3-2-4-6-22)27-17-20-7-12-21(13-8-20)29-18-25(30)28-33(29)31/h2-16H,17-18H2,1H3,(H,26,27)(H,28,30)/b16-11+. The molecule has 0 spiro atoms. The second-order valence-electron chi connectivity index (χ2n) is 7.26. The molecule has 0 aromatic heterocycles. The lowest BCUT2D eigenvalue weighted by molar-refractivity contribution is -0.117. The zero-order valence-electron chi connectivity index (χ0n) is 18.1. The van der Waals surface area contributed by atoms with E-state index >= 15 is 0 Å². The van der Waals surface area contributed by atoms with Crippen molar-refractivity contribution in [1.82, 2.24) is 10.0 Å². The maximum absolute atomic E-state index is 11.9. The van der Waals surface area contributed by atoms with Crippen molar-refractivity contribution in [3.8, 4) is 11.5 Å². The van der Waals surface area contributed by atoms with E-state index < -0.39 is 11.2 Å². The Kier molecular flexibility index (Phi) is 7.16. The van der Waals surface area contributed by atoms with Gasteiger partial charge < -0.3 is 10.1 Å². The number of amides is 1. The monoisotopic (exact) mass is 460 g/mol. The van der Waals surface area contributed by atoms with Crippen LogP contribution in [-0.2, 0) is 22.5 Å². The second-order valence-corrected chi connectivity index (χ2v) is 8.40. The van der Waals surface area contributed by atoms with Crippen LogP contribution in [0.3, 0.4) is 0 Å². The average Bonchev–Trinajstić information content (AvgIpc) is 3.19. The van der Waals surface area contributed by atoms with Crippen molar-refractivity contribution in [1.29, 1.82) is 0 Å². The van der Waals surface area contributed by atoms with E-state index in [1.165, 1.54) is 4.31 Å². The van der Waals surface area contributed by atoms with Gasteiger partial charge in [-0.1, -0.05) is 48.5 Å². The maximum atomic E-state index is 11.9. The van der Waals surface area contributed by atoms with Crippen molar-refractivity contribution < 1.29 is 13.7 Å². The van der Waals surface area contributed by atoms with E-state index in [0.29, 0.717) is 6.54 Å². The summed E-state index contributed by atoms with van der Waals surface area (Å²) in [5, 5.41) is 3.30. The molecule has 1 unspecified atom stereocenters. The lowest BCUT2D eigenvalue weighted by Gasteiger charge is -2.14. The van der Waals surface area contributed by atoms with E-state index in [4.69, 9.17) is 4.74 Å². The molecule has 3 aromatic rings. The van der Waals surface area contributed by atoms with Crippen LogP contribution in [0.5, 0.6) is 11.5 Å². The SMILES string of the molecule is CN=C(/C=C/c1ccc(Oc2ccccc2)cc1)NCc1ccc(N2CC(=O)NS2=O)cc1. The number of carbonyl (C=O) groups excluding carboxylic acids is 1. The molecule has 4 rings (SSSR count). The van der Waals surface area contributed by atoms with Crippen LogP contribution in [0.1, 0.15) is 11.1 Å². The summed E-state index contributed by atoms with van der Waals surface area (Å²) < 4.78 is 21.6. The minimum absolute atomic E-state index is 0.0982. The summed E-state index contributed by atoms with van der Waals surface area (Å²) in [6, 6.07) is 25.1. The van der Waals surface area contributed by atoms with E-state index in [0.717, 1.165) is 34.1 Å². The molecule has 8 heteroatoms. The van der Waals surface area contributed by atoms with Gasteiger partial charge in [-0.2, -0.15) is 0 Å². The molecule has 168 valence electrons. The van der Waals surface area contributed by atoms with E-state index in [-0.39, 0.29) is 12.5 Å². The lowest BCUT2D eigenvalue weighted by atomic mass is 10.2. The Hall–Kier alpha value is -3.91. The smallest absolute Gasteiger partial charge is 0.253 e. The molecule has 1 aliphatic rings. The molecule has 2 N–H and O–H groups in total. The van der Waals surface area contributed by atoms with Gasteiger partial charge in [-0.15, -0.1) is 0 Å². The van der Waals surface area contributed by atoms with Crippen LogP contribution in [-0.4, -0.2) is 29.5 Å². The minimum Gasteiger partial charge on any atom is -0.457 e. The minimum atomic E-state index is -1.51. The Labute approximate surface area is 195 Å². The number of nitrogens with one attached hydrogen (secondary N) is 2. The van der Waals surface area contributed by atoms with Gasteiger partial charge in [0, 0.05) is 13.6 Å². The molecule has 1 atom stereocenters. The highest BCUT2D eigenvalue weighted by Crippen LogP contribution is 2.21. The zero-order chi connectivity index (χ0) is 23.0. The normalized spacial score (nSPS) is 16.2. The van der Waals surface area contributed by atoms with Gasteiger partial charge in [0.1, 0.15) is 23.9 Å². The summed E-state index contributed by atoms with van der Waals surface area (Å²) in [6.45, 7) is 0.683. The number of ether oxygens (including phenoxy) is 1. The molecule has 1 aliphatic heterocycles. The number of hydrogen-bond donors (Lipinski definition) is 2. The number of para-hydroxylation sites is 1. The van der Waals surface area contributed by atoms with E-state index in [2.05, 4.69) is 15.0 Å². The van der Waals surface area contributed by atoms with Crippen LogP contribution in [0.2, 0.25) is 0 Å². The molecule has 33 heavy (non-hydrogen) atoms. The fourth-order valence-corrected chi connectivity index (χ4v) is 4.11. The number of rotatable bonds is 7. The fourth-order valence-electron chi connectivity index (χ4n) is 3.19. The quantitative estimate of drug-likeness (QED) is 0.415. The molecule has 0 bridgehead atoms. The molecule has 0 aliphatic carbocycles. The summed E-state index contributed by atoms with van der Waals surface area (Å²) in [5.74, 6) is 2.09. The van der Waals surface area contributed by atoms with Crippen LogP contribution in [0.4, 0.5) is 5.69 Å². The van der Waals surface area contributed by atoms with Crippen LogP contribution in [0.25, 0.3) is 6.08 Å². The van der Waals surface area contributed by atoms with Gasteiger partial charge in [0.05, 0.1) is 5.69 Å². The van der Waals surface area contributed by atoms with Crippen LogP contribution >= 0.6 is 0 Å². The number of nitrogens with zero attached hydrogens (tertiary/aromatic N) is 2. The highest BCUT2D eigenvalue weighted by Gasteiger charge is 2.26. The summed E-state index contributed by atoms with van der Waals surface area (Å²) in [5.41, 5.74) is 2.81. The fraction of sp³-hybridized carbons (Fsp3) is 0.120. The third-order valence-electron chi connectivity index (χ3n) is 4.92. The van der Waals surface area contributed by atoms with Crippen molar-refractivity contribution in [3.05, 3.63) is 96.1 Å². The van der Waals surface area contributed by atoms with Gasteiger partial charge in [-0.25, -0.2) is 4.21 Å². The molecule has 1 heterocycles. The van der Waals surface area contributed by atoms with E-state index in [1.54, 1.807) is 7.05 Å². The van der Waals surface area contributed by atoms with Gasteiger partial charge in [0.25, 0.3) is 5.91 Å². The number of aliphatic imine (C=N–C) groups is 1. The number of hydrogen-bond acceptors (Lipinski definition) is 4. The van der Waals surface area contributed by atoms with Crippen molar-refractivity contribution in [3.63, 3.8) is 0 Å². The number of anilines is 1. The Morgan fingerprint density at radius 3 is 2.39 bits per heavy atom. The lowest BCUT2D eigenvalue weighted by Crippen LogP contribution is -2.23. The van der Waals surface area contributed by atoms with Gasteiger partial charge in [0.15, 0.2) is 0 Å². The van der Waals surface area contributed by atoms with Gasteiger partial charge in [0.2, 0.25) is 11.2 Å². The van der Waals surface area contributed by atoms with Crippen molar-refractivity contribution in [2.24, 2.45) is 4.99 Å². The van der Waals surface area contributed by atoms with Gasteiger partial charge >= 0.3 is 0 Å². The molecular formula is C25H24N4O3S. The highest BCUT2D eigenvalue weighted by molar-refractivity contribution is 7.85. The number of carbonyl (C=O) groups is 1. The maximum Gasteiger partial charge on any atom is 0.253 e. The largest absolute Gasteiger partial charge is 0.457 e. The van der Waals surface area contributed by atoms with Crippen LogP contribution in [0.15, 0.2) is 89.9 Å². The summed E-state index contributed by atoms with van der Waals surface area (Å²) >= 11 is -1.51. The Bertz CT molecular complexity index is 1180. The van der Waals surface area contributed by atoms with Crippen LogP contribution < -0.4 is 19.1 Å². The number of amidine groups is 1. The molecule has 7 nitrogen and oxygen atoms in total. The third kappa shape index (κ3) is 6.08. The van der Waals surface area contributed by atoms with E-state index in [1.807, 2.05) is 91.0 Å². The first-order valence-electron chi connectivity index (χ1n) is 10.4. The molecule has 1 saturated heterocycles. The molecule has 1 amide bonds. The molecule has 3 aromatic carbocycles. The first-order valence-corrected chi connectivity index (χ1v) is 11.5. The average molecular weight is 461 g/mol. The number of benzene rings is 3. The summed E-state index contributed by atoms with van der Waals surface area (Å²) in [7, 11) is 1.74. The molecule has 1 fully saturated rings. The Morgan fingerprint density at radius 1 is 1.06 bits per heavy atom. The zero-order valence-corrected chi connectivity index (χ0v) is 18.9. The second kappa shape index (κ2) is 10.6. The topological polar surface area (TPSA) is 83.0 Å². The third-order valence-corrected chi connectivity index (χ3v) is 6.06. The van der Waals surface area contributed by atoms with Crippen LogP contribution in [0, 0.1) is 0 Å². The van der Waals surface area contributed by atoms with E-state index in [9.17, 15) is 9.00 Å². The molecule has 0 saturated carbocycles.